The van der Waals surface area contributed by atoms with E-state index in [4.69, 9.17) is 9.47 Å². The van der Waals surface area contributed by atoms with Crippen LogP contribution < -0.4 is 0 Å². The van der Waals surface area contributed by atoms with Gasteiger partial charge in [-0.25, -0.2) is 4.79 Å². The molecule has 1 aliphatic heterocycles. The Morgan fingerprint density at radius 3 is 2.76 bits per heavy atom. The standard InChI is InChI=1S/C13H14O3S/c1-8-10(12(14)15-4)11(16-13(8,2)3)9-5-6-17-7-9/h5-7H,1H2,2-4H3. The van der Waals surface area contributed by atoms with Crippen LogP contribution in [-0.2, 0) is 14.3 Å². The fourth-order valence-electron chi connectivity index (χ4n) is 1.72. The summed E-state index contributed by atoms with van der Waals surface area (Å²) in [4.78, 5) is 11.8. The van der Waals surface area contributed by atoms with Gasteiger partial charge in [0.2, 0.25) is 0 Å². The molecule has 1 aromatic rings. The van der Waals surface area contributed by atoms with Crippen LogP contribution in [0, 0.1) is 0 Å². The molecule has 4 heteroatoms. The van der Waals surface area contributed by atoms with Crippen LogP contribution in [0.1, 0.15) is 19.4 Å². The zero-order chi connectivity index (χ0) is 12.6. The van der Waals surface area contributed by atoms with Crippen molar-refractivity contribution in [3.63, 3.8) is 0 Å². The van der Waals surface area contributed by atoms with Crippen molar-refractivity contribution in [1.82, 2.24) is 0 Å². The molecule has 0 amide bonds. The molecule has 0 fully saturated rings. The number of ether oxygens (including phenoxy) is 2. The first-order valence-electron chi connectivity index (χ1n) is 5.21. The first kappa shape index (κ1) is 11.9. The Labute approximate surface area is 104 Å². The van der Waals surface area contributed by atoms with Gasteiger partial charge in [-0.1, -0.05) is 6.58 Å². The fourth-order valence-corrected chi connectivity index (χ4v) is 2.36. The number of thiophene rings is 1. The first-order chi connectivity index (χ1) is 7.97. The smallest absolute Gasteiger partial charge is 0.342 e. The van der Waals surface area contributed by atoms with Gasteiger partial charge in [-0.15, -0.1) is 0 Å². The first-order valence-corrected chi connectivity index (χ1v) is 6.15. The maximum absolute atomic E-state index is 11.8. The van der Waals surface area contributed by atoms with Crippen molar-refractivity contribution in [3.8, 4) is 0 Å². The molecule has 0 bridgehead atoms. The van der Waals surface area contributed by atoms with Crippen LogP contribution in [0.25, 0.3) is 5.76 Å². The zero-order valence-electron chi connectivity index (χ0n) is 10.1. The number of rotatable bonds is 2. The van der Waals surface area contributed by atoms with Gasteiger partial charge < -0.3 is 9.47 Å². The van der Waals surface area contributed by atoms with Gasteiger partial charge in [0.25, 0.3) is 0 Å². The number of carbonyl (C=O) groups excluding carboxylic acids is 1. The largest absolute Gasteiger partial charge is 0.482 e. The van der Waals surface area contributed by atoms with Crippen LogP contribution in [-0.4, -0.2) is 18.7 Å². The van der Waals surface area contributed by atoms with Crippen LogP contribution in [0.3, 0.4) is 0 Å². The predicted octanol–water partition coefficient (Wildman–Crippen LogP) is 3.00. The third-order valence-corrected chi connectivity index (χ3v) is 3.47. The van der Waals surface area contributed by atoms with Crippen molar-refractivity contribution in [3.05, 3.63) is 40.1 Å². The summed E-state index contributed by atoms with van der Waals surface area (Å²) in [6, 6.07) is 1.91. The topological polar surface area (TPSA) is 35.5 Å². The maximum atomic E-state index is 11.8. The van der Waals surface area contributed by atoms with E-state index >= 15 is 0 Å². The molecule has 0 N–H and O–H groups in total. The molecule has 17 heavy (non-hydrogen) atoms. The van der Waals surface area contributed by atoms with Crippen LogP contribution >= 0.6 is 11.3 Å². The molecule has 0 saturated carbocycles. The number of hydrogen-bond acceptors (Lipinski definition) is 4. The minimum Gasteiger partial charge on any atom is -0.482 e. The number of hydrogen-bond donors (Lipinski definition) is 0. The molecule has 0 atom stereocenters. The third kappa shape index (κ3) is 1.89. The van der Waals surface area contributed by atoms with Crippen molar-refractivity contribution in [1.29, 1.82) is 0 Å². The second-order valence-electron chi connectivity index (χ2n) is 4.30. The van der Waals surface area contributed by atoms with E-state index in [9.17, 15) is 4.79 Å². The normalized spacial score (nSPS) is 18.2. The van der Waals surface area contributed by atoms with Gasteiger partial charge in [0.15, 0.2) is 0 Å². The Bertz CT molecular complexity index is 495. The molecular weight excluding hydrogens is 236 g/mol. The average Bonchev–Trinajstić information content (AvgIpc) is 2.86. The molecular formula is C13H14O3S. The Hall–Kier alpha value is -1.55. The highest BCUT2D eigenvalue weighted by atomic mass is 32.1. The molecule has 0 aromatic carbocycles. The van der Waals surface area contributed by atoms with E-state index in [-0.39, 0.29) is 0 Å². The molecule has 0 radical (unpaired) electrons. The van der Waals surface area contributed by atoms with E-state index in [1.807, 2.05) is 30.7 Å². The van der Waals surface area contributed by atoms with Crippen LogP contribution in [0.4, 0.5) is 0 Å². The van der Waals surface area contributed by atoms with Gasteiger partial charge in [0.1, 0.15) is 16.9 Å². The lowest BCUT2D eigenvalue weighted by Crippen LogP contribution is -2.22. The van der Waals surface area contributed by atoms with E-state index in [2.05, 4.69) is 6.58 Å². The highest BCUT2D eigenvalue weighted by Gasteiger charge is 2.40. The Kier molecular flexibility index (Phi) is 2.83. The highest BCUT2D eigenvalue weighted by molar-refractivity contribution is 7.08. The monoisotopic (exact) mass is 250 g/mol. The Morgan fingerprint density at radius 1 is 1.53 bits per heavy atom. The summed E-state index contributed by atoms with van der Waals surface area (Å²) >= 11 is 1.55. The van der Waals surface area contributed by atoms with Gasteiger partial charge >= 0.3 is 5.97 Å². The quantitative estimate of drug-likeness (QED) is 0.757. The molecule has 2 heterocycles. The zero-order valence-corrected chi connectivity index (χ0v) is 10.9. The van der Waals surface area contributed by atoms with Crippen molar-refractivity contribution < 1.29 is 14.3 Å². The van der Waals surface area contributed by atoms with E-state index in [1.165, 1.54) is 7.11 Å². The predicted molar refractivity (Wildman–Crippen MR) is 67.6 cm³/mol. The van der Waals surface area contributed by atoms with Crippen LogP contribution in [0.15, 0.2) is 34.6 Å². The molecule has 1 aromatic heterocycles. The molecule has 2 rings (SSSR count). The Balaban J connectivity index is 2.54. The lowest BCUT2D eigenvalue weighted by atomic mass is 9.94. The lowest BCUT2D eigenvalue weighted by Gasteiger charge is -2.20. The molecule has 0 saturated heterocycles. The average molecular weight is 250 g/mol. The second kappa shape index (κ2) is 4.04. The molecule has 0 spiro atoms. The minimum atomic E-state index is -0.569. The van der Waals surface area contributed by atoms with Gasteiger partial charge in [-0.2, -0.15) is 11.3 Å². The van der Waals surface area contributed by atoms with Crippen molar-refractivity contribution in [2.45, 2.75) is 19.4 Å². The van der Waals surface area contributed by atoms with Crippen LogP contribution in [0.5, 0.6) is 0 Å². The molecule has 3 nitrogen and oxygen atoms in total. The summed E-state index contributed by atoms with van der Waals surface area (Å²) in [7, 11) is 1.36. The second-order valence-corrected chi connectivity index (χ2v) is 5.08. The molecule has 0 unspecified atom stereocenters. The van der Waals surface area contributed by atoms with Gasteiger partial charge in [0.05, 0.1) is 7.11 Å². The molecule has 90 valence electrons. The molecule has 1 aliphatic rings. The Morgan fingerprint density at radius 2 is 2.24 bits per heavy atom. The lowest BCUT2D eigenvalue weighted by molar-refractivity contribution is -0.135. The van der Waals surface area contributed by atoms with E-state index in [1.54, 1.807) is 11.3 Å². The number of carbonyl (C=O) groups is 1. The summed E-state index contributed by atoms with van der Waals surface area (Å²) in [5.74, 6) is 0.162. The van der Waals surface area contributed by atoms with Crippen LogP contribution in [0.2, 0.25) is 0 Å². The minimum absolute atomic E-state index is 0.401. The third-order valence-electron chi connectivity index (χ3n) is 2.79. The number of methoxy groups -OCH3 is 1. The van der Waals surface area contributed by atoms with Gasteiger partial charge in [-0.3, -0.25) is 0 Å². The highest BCUT2D eigenvalue weighted by Crippen LogP contribution is 2.42. The SMILES string of the molecule is C=C1C(C(=O)OC)=C(c2ccsc2)OC1(C)C. The summed E-state index contributed by atoms with van der Waals surface area (Å²) in [5, 5.41) is 3.88. The van der Waals surface area contributed by atoms with E-state index in [0.717, 1.165) is 5.56 Å². The van der Waals surface area contributed by atoms with Crippen molar-refractivity contribution >= 4 is 23.1 Å². The summed E-state index contributed by atoms with van der Waals surface area (Å²) in [6.07, 6.45) is 0. The summed E-state index contributed by atoms with van der Waals surface area (Å²) < 4.78 is 10.6. The number of esters is 1. The van der Waals surface area contributed by atoms with Crippen molar-refractivity contribution in [2.75, 3.05) is 7.11 Å². The summed E-state index contributed by atoms with van der Waals surface area (Å²) in [6.45, 7) is 7.71. The van der Waals surface area contributed by atoms with E-state index in [0.29, 0.717) is 16.9 Å². The molecule has 0 aliphatic carbocycles. The maximum Gasteiger partial charge on any atom is 0.342 e. The fraction of sp³-hybridized carbons (Fsp3) is 0.308. The summed E-state index contributed by atoms with van der Waals surface area (Å²) in [5.41, 5.74) is 1.42. The van der Waals surface area contributed by atoms with Crippen molar-refractivity contribution in [2.24, 2.45) is 0 Å². The van der Waals surface area contributed by atoms with E-state index < -0.39 is 11.6 Å². The van der Waals surface area contributed by atoms with Gasteiger partial charge in [0, 0.05) is 16.5 Å². The van der Waals surface area contributed by atoms with Gasteiger partial charge in [-0.05, 0) is 25.3 Å².